The SMILES string of the molecule is O=C1N=C(c2ccccc2)c2c1c(S(=O)(=O)Oc1ccccc1)c1ccccc1c2O. The van der Waals surface area contributed by atoms with Crippen molar-refractivity contribution >= 4 is 32.5 Å². The maximum absolute atomic E-state index is 13.4. The van der Waals surface area contributed by atoms with Crippen molar-refractivity contribution in [2.24, 2.45) is 4.99 Å². The smallest absolute Gasteiger partial charge is 0.340 e. The first kappa shape index (κ1) is 19.0. The summed E-state index contributed by atoms with van der Waals surface area (Å²) < 4.78 is 32.1. The molecule has 6 nitrogen and oxygen atoms in total. The van der Waals surface area contributed by atoms with E-state index in [0.29, 0.717) is 5.56 Å². The van der Waals surface area contributed by atoms with E-state index in [9.17, 15) is 18.3 Å². The van der Waals surface area contributed by atoms with Crippen LogP contribution in [0.3, 0.4) is 0 Å². The summed E-state index contributed by atoms with van der Waals surface area (Å²) in [6.07, 6.45) is 0. The van der Waals surface area contributed by atoms with Gasteiger partial charge >= 0.3 is 10.1 Å². The fraction of sp³-hybridized carbons (Fsp3) is 0. The molecule has 4 aromatic carbocycles. The van der Waals surface area contributed by atoms with Gasteiger partial charge in [-0.1, -0.05) is 72.8 Å². The molecule has 7 heteroatoms. The summed E-state index contributed by atoms with van der Waals surface area (Å²) in [5, 5.41) is 11.5. The van der Waals surface area contributed by atoms with E-state index in [1.807, 2.05) is 6.07 Å². The minimum atomic E-state index is -4.43. The maximum atomic E-state index is 13.4. The minimum absolute atomic E-state index is 0.0881. The Labute approximate surface area is 178 Å². The number of phenolic OH excluding ortho intramolecular Hbond substituents is 1. The number of aliphatic imine (C=N–C) groups is 1. The molecule has 1 heterocycles. The van der Waals surface area contributed by atoms with Crippen LogP contribution in [0.5, 0.6) is 11.5 Å². The third-order valence-corrected chi connectivity index (χ3v) is 6.39. The van der Waals surface area contributed by atoms with Gasteiger partial charge in [0.05, 0.1) is 16.8 Å². The lowest BCUT2D eigenvalue weighted by Gasteiger charge is -2.15. The van der Waals surface area contributed by atoms with E-state index in [4.69, 9.17) is 4.18 Å². The van der Waals surface area contributed by atoms with Gasteiger partial charge in [0.1, 0.15) is 16.4 Å². The normalized spacial score (nSPS) is 13.2. The highest BCUT2D eigenvalue weighted by Crippen LogP contribution is 2.42. The number of para-hydroxylation sites is 1. The lowest BCUT2D eigenvalue weighted by Crippen LogP contribution is -2.15. The molecule has 4 aromatic rings. The number of carbonyl (C=O) groups is 1. The molecule has 1 N–H and O–H groups in total. The quantitative estimate of drug-likeness (QED) is 0.488. The second kappa shape index (κ2) is 7.07. The number of hydrogen-bond acceptors (Lipinski definition) is 5. The summed E-state index contributed by atoms with van der Waals surface area (Å²) in [7, 11) is -4.43. The molecular weight excluding hydrogens is 414 g/mol. The number of rotatable bonds is 4. The van der Waals surface area contributed by atoms with Gasteiger partial charge < -0.3 is 9.29 Å². The fourth-order valence-electron chi connectivity index (χ4n) is 3.75. The number of amides is 1. The van der Waals surface area contributed by atoms with Crippen molar-refractivity contribution in [3.05, 3.63) is 102 Å². The first-order valence-corrected chi connectivity index (χ1v) is 10.8. The van der Waals surface area contributed by atoms with Crippen LogP contribution >= 0.6 is 0 Å². The highest BCUT2D eigenvalue weighted by atomic mass is 32.2. The molecule has 1 aliphatic rings. The van der Waals surface area contributed by atoms with Crippen LogP contribution in [-0.4, -0.2) is 25.1 Å². The van der Waals surface area contributed by atoms with Crippen LogP contribution in [-0.2, 0) is 10.1 Å². The highest BCUT2D eigenvalue weighted by molar-refractivity contribution is 7.87. The van der Waals surface area contributed by atoms with E-state index in [-0.39, 0.29) is 44.0 Å². The number of benzene rings is 4. The van der Waals surface area contributed by atoms with Gasteiger partial charge in [0.15, 0.2) is 0 Å². The maximum Gasteiger partial charge on any atom is 0.340 e. The monoisotopic (exact) mass is 429 g/mol. The van der Waals surface area contributed by atoms with Crippen molar-refractivity contribution in [3.8, 4) is 11.5 Å². The van der Waals surface area contributed by atoms with Gasteiger partial charge in [-0.3, -0.25) is 4.79 Å². The van der Waals surface area contributed by atoms with E-state index >= 15 is 0 Å². The average Bonchev–Trinajstić information content (AvgIpc) is 3.12. The third kappa shape index (κ3) is 3.06. The van der Waals surface area contributed by atoms with Crippen molar-refractivity contribution in [1.29, 1.82) is 0 Å². The molecule has 0 fully saturated rings. The van der Waals surface area contributed by atoms with Gasteiger partial charge in [-0.25, -0.2) is 4.99 Å². The number of fused-ring (bicyclic) bond motifs is 2. The molecule has 0 atom stereocenters. The van der Waals surface area contributed by atoms with E-state index in [0.717, 1.165) is 0 Å². The zero-order valence-corrected chi connectivity index (χ0v) is 16.8. The van der Waals surface area contributed by atoms with E-state index in [2.05, 4.69) is 4.99 Å². The van der Waals surface area contributed by atoms with Crippen LogP contribution in [0.2, 0.25) is 0 Å². The Morgan fingerprint density at radius 1 is 0.742 bits per heavy atom. The summed E-state index contributed by atoms with van der Waals surface area (Å²) in [5.41, 5.74) is 0.712. The zero-order valence-electron chi connectivity index (χ0n) is 16.0. The Morgan fingerprint density at radius 3 is 2.00 bits per heavy atom. The molecule has 31 heavy (non-hydrogen) atoms. The molecule has 0 aromatic heterocycles. The molecule has 0 unspecified atom stereocenters. The highest BCUT2D eigenvalue weighted by Gasteiger charge is 2.38. The van der Waals surface area contributed by atoms with Crippen molar-refractivity contribution in [2.75, 3.05) is 0 Å². The van der Waals surface area contributed by atoms with Gasteiger partial charge in [-0.05, 0) is 12.1 Å². The summed E-state index contributed by atoms with van der Waals surface area (Å²) in [5.74, 6) is -0.828. The number of carbonyl (C=O) groups excluding carboxylic acids is 1. The van der Waals surface area contributed by atoms with Crippen LogP contribution in [0.4, 0.5) is 0 Å². The molecule has 5 rings (SSSR count). The Kier molecular flexibility index (Phi) is 4.34. The molecule has 0 bridgehead atoms. The Morgan fingerprint density at radius 2 is 1.32 bits per heavy atom. The van der Waals surface area contributed by atoms with Crippen molar-refractivity contribution in [2.45, 2.75) is 4.90 Å². The fourth-order valence-corrected chi connectivity index (χ4v) is 5.08. The lowest BCUT2D eigenvalue weighted by atomic mass is 9.94. The Balaban J connectivity index is 1.82. The molecular formula is C24H15NO5S. The zero-order chi connectivity index (χ0) is 21.6. The summed E-state index contributed by atoms with van der Waals surface area (Å²) >= 11 is 0. The second-order valence-electron chi connectivity index (χ2n) is 6.96. The molecule has 1 aliphatic heterocycles. The van der Waals surface area contributed by atoms with Crippen LogP contribution < -0.4 is 4.18 Å². The second-order valence-corrected chi connectivity index (χ2v) is 8.44. The van der Waals surface area contributed by atoms with Crippen LogP contribution in [0.25, 0.3) is 10.8 Å². The number of aromatic hydroxyl groups is 1. The van der Waals surface area contributed by atoms with Crippen molar-refractivity contribution in [1.82, 2.24) is 0 Å². The third-order valence-electron chi connectivity index (χ3n) is 5.05. The number of hydrogen-bond donors (Lipinski definition) is 1. The van der Waals surface area contributed by atoms with Crippen molar-refractivity contribution in [3.63, 3.8) is 0 Å². The predicted molar refractivity (Wildman–Crippen MR) is 116 cm³/mol. The first-order chi connectivity index (χ1) is 15.0. The van der Waals surface area contributed by atoms with Gasteiger partial charge in [0, 0.05) is 16.3 Å². The van der Waals surface area contributed by atoms with Crippen LogP contribution in [0.1, 0.15) is 21.5 Å². The van der Waals surface area contributed by atoms with Gasteiger partial charge in [0.2, 0.25) is 0 Å². The van der Waals surface area contributed by atoms with Crippen LogP contribution in [0, 0.1) is 0 Å². The summed E-state index contributed by atoms with van der Waals surface area (Å²) in [6, 6.07) is 23.3. The molecule has 1 amide bonds. The summed E-state index contributed by atoms with van der Waals surface area (Å²) in [6.45, 7) is 0. The standard InChI is InChI=1S/C24H15NO5S/c26-22-17-13-7-8-14-18(17)23(31(28,29)30-16-11-5-2-6-12-16)20-19(22)21(25-24(20)27)15-9-3-1-4-10-15/h1-14,26H. The minimum Gasteiger partial charge on any atom is -0.507 e. The first-order valence-electron chi connectivity index (χ1n) is 9.43. The van der Waals surface area contributed by atoms with Gasteiger partial charge in [-0.15, -0.1) is 0 Å². The van der Waals surface area contributed by atoms with Crippen molar-refractivity contribution < 1.29 is 22.5 Å². The molecule has 0 radical (unpaired) electrons. The average molecular weight is 429 g/mol. The molecule has 0 aliphatic carbocycles. The molecule has 0 saturated heterocycles. The van der Waals surface area contributed by atoms with Gasteiger partial charge in [-0.2, -0.15) is 8.42 Å². The van der Waals surface area contributed by atoms with Gasteiger partial charge in [0.25, 0.3) is 5.91 Å². The Bertz CT molecular complexity index is 1480. The molecule has 0 spiro atoms. The Hall–Kier alpha value is -3.97. The predicted octanol–water partition coefficient (Wildman–Crippen LogP) is 4.30. The molecule has 152 valence electrons. The largest absolute Gasteiger partial charge is 0.507 e. The number of phenols is 1. The van der Waals surface area contributed by atoms with E-state index < -0.39 is 16.0 Å². The topological polar surface area (TPSA) is 93.0 Å². The summed E-state index contributed by atoms with van der Waals surface area (Å²) in [4.78, 5) is 16.7. The lowest BCUT2D eigenvalue weighted by molar-refractivity contribution is 0.100. The van der Waals surface area contributed by atoms with E-state index in [1.54, 1.807) is 60.7 Å². The van der Waals surface area contributed by atoms with Crippen LogP contribution in [0.15, 0.2) is 94.8 Å². The molecule has 0 saturated carbocycles. The van der Waals surface area contributed by atoms with E-state index in [1.165, 1.54) is 18.2 Å². The number of nitrogens with zero attached hydrogens (tertiary/aromatic N) is 1.